The molecule has 19 heavy (non-hydrogen) atoms. The summed E-state index contributed by atoms with van der Waals surface area (Å²) in [5.74, 6) is 0.943. The van der Waals surface area contributed by atoms with Crippen LogP contribution in [0.15, 0.2) is 12.1 Å². The van der Waals surface area contributed by atoms with Gasteiger partial charge in [0.25, 0.3) is 0 Å². The van der Waals surface area contributed by atoms with Crippen molar-refractivity contribution in [2.24, 2.45) is 5.92 Å². The van der Waals surface area contributed by atoms with Gasteiger partial charge in [-0.1, -0.05) is 52.4 Å². The van der Waals surface area contributed by atoms with Crippen LogP contribution in [0.4, 0.5) is 0 Å². The molecule has 1 nitrogen and oxygen atoms in total. The molecule has 0 saturated heterocycles. The highest BCUT2D eigenvalue weighted by Crippen LogP contribution is 2.33. The van der Waals surface area contributed by atoms with Crippen molar-refractivity contribution in [1.29, 1.82) is 0 Å². The molecule has 0 bridgehead atoms. The van der Waals surface area contributed by atoms with Crippen LogP contribution >= 0.6 is 11.3 Å². The van der Waals surface area contributed by atoms with Gasteiger partial charge in [0.1, 0.15) is 0 Å². The minimum Gasteiger partial charge on any atom is -0.310 e. The van der Waals surface area contributed by atoms with E-state index in [1.807, 2.05) is 11.3 Å². The molecule has 0 spiro atoms. The maximum atomic E-state index is 3.71. The van der Waals surface area contributed by atoms with Gasteiger partial charge in [0.15, 0.2) is 0 Å². The van der Waals surface area contributed by atoms with E-state index in [1.165, 1.54) is 56.2 Å². The van der Waals surface area contributed by atoms with E-state index in [2.05, 4.69) is 31.3 Å². The van der Waals surface area contributed by atoms with Crippen LogP contribution in [0.2, 0.25) is 0 Å². The van der Waals surface area contributed by atoms with Crippen LogP contribution in [0.5, 0.6) is 0 Å². The zero-order valence-electron chi connectivity index (χ0n) is 12.6. The van der Waals surface area contributed by atoms with Crippen molar-refractivity contribution in [2.75, 3.05) is 6.54 Å². The second-order valence-electron chi connectivity index (χ2n) is 5.86. The third kappa shape index (κ3) is 4.61. The predicted octanol–water partition coefficient (Wildman–Crippen LogP) is 5.32. The highest BCUT2D eigenvalue weighted by molar-refractivity contribution is 7.12. The minimum atomic E-state index is 0.596. The topological polar surface area (TPSA) is 12.0 Å². The van der Waals surface area contributed by atoms with Gasteiger partial charge >= 0.3 is 0 Å². The number of rotatable bonds is 6. The Morgan fingerprint density at radius 1 is 1.16 bits per heavy atom. The van der Waals surface area contributed by atoms with E-state index in [9.17, 15) is 0 Å². The van der Waals surface area contributed by atoms with Crippen LogP contribution in [-0.4, -0.2) is 6.54 Å². The third-order valence-corrected chi connectivity index (χ3v) is 5.71. The molecule has 1 heterocycles. The Balaban J connectivity index is 1.98. The summed E-state index contributed by atoms with van der Waals surface area (Å²) >= 11 is 2.01. The summed E-state index contributed by atoms with van der Waals surface area (Å²) in [6.07, 6.45) is 11.2. The first-order chi connectivity index (χ1) is 9.33. The molecule has 0 aromatic carbocycles. The number of nitrogens with one attached hydrogen (secondary N) is 1. The van der Waals surface area contributed by atoms with Crippen molar-refractivity contribution in [3.8, 4) is 0 Å². The van der Waals surface area contributed by atoms with Gasteiger partial charge in [-0.3, -0.25) is 0 Å². The average molecular weight is 279 g/mol. The van der Waals surface area contributed by atoms with Gasteiger partial charge < -0.3 is 5.32 Å². The summed E-state index contributed by atoms with van der Waals surface area (Å²) in [4.78, 5) is 3.08. The highest BCUT2D eigenvalue weighted by atomic mass is 32.1. The molecular weight excluding hydrogens is 250 g/mol. The molecule has 0 radical (unpaired) electrons. The van der Waals surface area contributed by atoms with Crippen molar-refractivity contribution in [2.45, 2.75) is 71.3 Å². The molecule has 1 aromatic rings. The van der Waals surface area contributed by atoms with E-state index in [4.69, 9.17) is 0 Å². The minimum absolute atomic E-state index is 0.596. The molecular formula is C17H29NS. The number of aryl methyl sites for hydroxylation is 1. The molecule has 1 unspecified atom stereocenters. The lowest BCUT2D eigenvalue weighted by molar-refractivity contribution is 0.362. The molecule has 0 aliphatic heterocycles. The lowest BCUT2D eigenvalue weighted by Gasteiger charge is -2.22. The van der Waals surface area contributed by atoms with Gasteiger partial charge in [0, 0.05) is 15.8 Å². The summed E-state index contributed by atoms with van der Waals surface area (Å²) in [5, 5.41) is 3.71. The first-order valence-electron chi connectivity index (χ1n) is 8.15. The average Bonchev–Trinajstić information content (AvgIpc) is 2.76. The molecule has 1 fully saturated rings. The van der Waals surface area contributed by atoms with Crippen molar-refractivity contribution in [1.82, 2.24) is 5.32 Å². The molecule has 2 heteroatoms. The van der Waals surface area contributed by atoms with Crippen LogP contribution < -0.4 is 5.32 Å². The Kier molecular flexibility index (Phi) is 6.39. The lowest BCUT2D eigenvalue weighted by Crippen LogP contribution is -2.22. The Morgan fingerprint density at radius 2 is 1.89 bits per heavy atom. The molecule has 1 aromatic heterocycles. The van der Waals surface area contributed by atoms with E-state index < -0.39 is 0 Å². The Hall–Kier alpha value is -0.340. The largest absolute Gasteiger partial charge is 0.310 e. The summed E-state index contributed by atoms with van der Waals surface area (Å²) < 4.78 is 0. The summed E-state index contributed by atoms with van der Waals surface area (Å²) in [5.41, 5.74) is 0. The fourth-order valence-electron chi connectivity index (χ4n) is 3.25. The van der Waals surface area contributed by atoms with Gasteiger partial charge in [0.2, 0.25) is 0 Å². The summed E-state index contributed by atoms with van der Waals surface area (Å²) in [6.45, 7) is 5.56. The van der Waals surface area contributed by atoms with E-state index in [0.717, 1.165) is 12.5 Å². The molecule has 2 rings (SSSR count). The predicted molar refractivity (Wildman–Crippen MR) is 85.9 cm³/mol. The summed E-state index contributed by atoms with van der Waals surface area (Å²) in [7, 11) is 0. The van der Waals surface area contributed by atoms with Crippen molar-refractivity contribution in [3.63, 3.8) is 0 Å². The number of hydrogen-bond acceptors (Lipinski definition) is 2. The molecule has 1 saturated carbocycles. The van der Waals surface area contributed by atoms with Crippen LogP contribution in [0, 0.1) is 5.92 Å². The number of thiophene rings is 1. The molecule has 108 valence electrons. The van der Waals surface area contributed by atoms with Crippen molar-refractivity contribution >= 4 is 11.3 Å². The first kappa shape index (κ1) is 15.1. The second-order valence-corrected chi connectivity index (χ2v) is 7.06. The zero-order chi connectivity index (χ0) is 13.5. The maximum absolute atomic E-state index is 3.71. The second kappa shape index (κ2) is 8.06. The SMILES string of the molecule is CCNC(CC1CCCCCC1)c1ccc(CC)s1. The van der Waals surface area contributed by atoms with E-state index in [1.54, 1.807) is 4.88 Å². The van der Waals surface area contributed by atoms with Crippen LogP contribution in [0.1, 0.15) is 74.6 Å². The number of hydrogen-bond donors (Lipinski definition) is 1. The van der Waals surface area contributed by atoms with E-state index in [-0.39, 0.29) is 0 Å². The normalized spacial score (nSPS) is 19.3. The molecule has 0 amide bonds. The Bertz CT molecular complexity index is 350. The van der Waals surface area contributed by atoms with Crippen molar-refractivity contribution < 1.29 is 0 Å². The van der Waals surface area contributed by atoms with Gasteiger partial charge in [-0.15, -0.1) is 11.3 Å². The first-order valence-corrected chi connectivity index (χ1v) is 8.97. The highest BCUT2D eigenvalue weighted by Gasteiger charge is 2.20. The van der Waals surface area contributed by atoms with Gasteiger partial charge in [-0.2, -0.15) is 0 Å². The quantitative estimate of drug-likeness (QED) is 0.695. The standard InChI is InChI=1S/C17H29NS/c1-3-15-11-12-17(19-15)16(18-4-2)13-14-9-7-5-6-8-10-14/h11-12,14,16,18H,3-10,13H2,1-2H3. The van der Waals surface area contributed by atoms with Crippen LogP contribution in [-0.2, 0) is 6.42 Å². The molecule has 1 N–H and O–H groups in total. The summed E-state index contributed by atoms with van der Waals surface area (Å²) in [6, 6.07) is 5.27. The maximum Gasteiger partial charge on any atom is 0.0417 e. The molecule has 1 atom stereocenters. The van der Waals surface area contributed by atoms with Crippen molar-refractivity contribution in [3.05, 3.63) is 21.9 Å². The smallest absolute Gasteiger partial charge is 0.0417 e. The Morgan fingerprint density at radius 3 is 2.47 bits per heavy atom. The monoisotopic (exact) mass is 279 g/mol. The van der Waals surface area contributed by atoms with E-state index >= 15 is 0 Å². The molecule has 1 aliphatic rings. The van der Waals surface area contributed by atoms with E-state index in [0.29, 0.717) is 6.04 Å². The van der Waals surface area contributed by atoms with Gasteiger partial charge in [-0.05, 0) is 37.4 Å². The zero-order valence-corrected chi connectivity index (χ0v) is 13.4. The molecule has 1 aliphatic carbocycles. The van der Waals surface area contributed by atoms with Gasteiger partial charge in [-0.25, -0.2) is 0 Å². The Labute approximate surface area is 122 Å². The van der Waals surface area contributed by atoms with Gasteiger partial charge in [0.05, 0.1) is 0 Å². The fraction of sp³-hybridized carbons (Fsp3) is 0.765. The third-order valence-electron chi connectivity index (χ3n) is 4.37. The fourth-order valence-corrected chi connectivity index (χ4v) is 4.29. The van der Waals surface area contributed by atoms with Crippen LogP contribution in [0.25, 0.3) is 0 Å². The lowest BCUT2D eigenvalue weighted by atomic mass is 9.92. The van der Waals surface area contributed by atoms with Crippen LogP contribution in [0.3, 0.4) is 0 Å².